The fourth-order valence-electron chi connectivity index (χ4n) is 15.2. The van der Waals surface area contributed by atoms with Crippen molar-refractivity contribution in [3.8, 4) is 0 Å². The zero-order valence-electron chi connectivity index (χ0n) is 89.6. The van der Waals surface area contributed by atoms with E-state index in [1.54, 1.807) is 0 Å². The molecule has 0 bridgehead atoms. The number of aromatic nitrogens is 4. The Labute approximate surface area is 871 Å². The predicted octanol–water partition coefficient (Wildman–Crippen LogP) is 27.5. The van der Waals surface area contributed by atoms with Gasteiger partial charge >= 0.3 is 0 Å². The fourth-order valence-corrected chi connectivity index (χ4v) is 18.2. The van der Waals surface area contributed by atoms with E-state index in [0.717, 1.165) is 72.0 Å². The molecule has 12 nitrogen and oxygen atoms in total. The van der Waals surface area contributed by atoms with E-state index in [2.05, 4.69) is 214 Å². The quantitative estimate of drug-likeness (QED) is 0.0377. The molecule has 4 aliphatic rings. The summed E-state index contributed by atoms with van der Waals surface area (Å²) < 4.78 is 0. The number of aryl methyl sites for hydroxylation is 4. The van der Waals surface area contributed by atoms with Crippen molar-refractivity contribution in [1.29, 1.82) is 0 Å². The van der Waals surface area contributed by atoms with Gasteiger partial charge in [-0.1, -0.05) is 418 Å². The average Bonchev–Trinajstić information content (AvgIpc) is 0.776. The van der Waals surface area contributed by atoms with Crippen molar-refractivity contribution in [3.63, 3.8) is 0 Å². The third-order valence-corrected chi connectivity index (χ3v) is 29.7. The second-order valence-corrected chi connectivity index (χ2v) is 59.0. The Bertz CT molecular complexity index is 4800. The van der Waals surface area contributed by atoms with Gasteiger partial charge in [-0.3, -0.25) is 24.3 Å². The summed E-state index contributed by atoms with van der Waals surface area (Å²) in [4.78, 5) is 19.8. The van der Waals surface area contributed by atoms with Crippen LogP contribution in [0.1, 0.15) is 341 Å². The van der Waals surface area contributed by atoms with Crippen molar-refractivity contribution in [1.82, 2.24) is 19.9 Å². The monoisotopic (exact) mass is 2590 g/mol. The van der Waals surface area contributed by atoms with Crippen LogP contribution in [-0.2, 0) is 80.4 Å². The van der Waals surface area contributed by atoms with E-state index in [4.69, 9.17) is 19.9 Å². The first-order valence-corrected chi connectivity index (χ1v) is 56.0. The summed E-state index contributed by atoms with van der Waals surface area (Å²) >= 11 is 0. The van der Waals surface area contributed by atoms with Gasteiger partial charge in [0.05, 0.1) is 76.0 Å². The number of benzene rings is 4. The Hall–Kier alpha value is -3.81. The van der Waals surface area contributed by atoms with E-state index < -0.39 is 65.0 Å². The third kappa shape index (κ3) is 42.8. The van der Waals surface area contributed by atoms with E-state index in [0.29, 0.717) is 37.5 Å². The molecule has 0 fully saturated rings. The van der Waals surface area contributed by atoms with Crippen molar-refractivity contribution in [2.75, 3.05) is 0 Å². The number of aliphatic hydroxyl groups is 8. The molecule has 10 atom stereocenters. The van der Waals surface area contributed by atoms with Crippen LogP contribution in [0.25, 0.3) is 65.9 Å². The molecule has 8 aromatic rings. The predicted molar refractivity (Wildman–Crippen MR) is 564 cm³/mol. The number of rotatable bonds is 14. The van der Waals surface area contributed by atoms with Crippen molar-refractivity contribution in [2.24, 2.45) is 55.2 Å². The minimum Gasteiger partial charge on any atom is -0.392 e. The molecular weight excluding hydrogens is 2400 g/mol. The topological polar surface area (TPSA) is 213 Å². The molecule has 0 spiro atoms. The van der Waals surface area contributed by atoms with Crippen molar-refractivity contribution < 1.29 is 121 Å². The smallest absolute Gasteiger partial charge is 0.0613 e. The molecular formula is C116H180Ir4N4O8Si2-4. The summed E-state index contributed by atoms with van der Waals surface area (Å²) in [7, 11) is -2.83. The standard InChI is InChI=1S/C19H24NSi.C18H22NSi.C18H20N.C17H18N.4C11H24O2.4Ir/c1-14-8-7-10-16(12-14)19-18(21(2,3)4)13-15-9-5-6-11-17(15)20-19;1-20(2,3)17-13-15-11-7-8-12-16(15)19-18(17)14-9-5-4-6-10-14;1-12-5-4-6-16(9-12)18-14(3)11-15-8-7-13(2)10-17(15)19-18;1-12-8-9-15-11-13(2)17(18-16(15)10-12)14-6-4-3-5-7-14;4*1-10(2,3)8(12)7-9(13)11(4,5)6;;;;/h5-6,9,11,13-14H,7-8,10H2,1-4H3;7-8,11-13H,4-6,9H2,1-3H3;7-8,10-12H,4-6H2,1-3H3;8-11H,3-6H2,1-2H3;4*8-9,12-13H,7H2,1-6H3;;;;/q4*-1;;;;;;;;. The third-order valence-electron chi connectivity index (χ3n) is 25.7. The Morgan fingerprint density at radius 2 is 0.537 bits per heavy atom. The minimum atomic E-state index is -1.42. The molecule has 10 unspecified atom stereocenters. The molecule has 4 aliphatic carbocycles. The first-order valence-electron chi connectivity index (χ1n) is 49.0. The maximum Gasteiger partial charge on any atom is 0.0613 e. The summed E-state index contributed by atoms with van der Waals surface area (Å²) in [6.45, 7) is 75.0. The minimum absolute atomic E-state index is 0. The number of allylic oxidation sites excluding steroid dienone is 8. The number of hydrogen-bond acceptors (Lipinski definition) is 12. The maximum absolute atomic E-state index is 9.76. The van der Waals surface area contributed by atoms with Crippen molar-refractivity contribution in [3.05, 3.63) is 179 Å². The second kappa shape index (κ2) is 55.2. The number of nitrogens with zero attached hydrogens (tertiary/aromatic N) is 4. The Kier molecular flexibility index (Phi) is 52.8. The molecule has 0 aliphatic heterocycles. The summed E-state index contributed by atoms with van der Waals surface area (Å²) in [5, 5.41) is 86.0. The number of fused-ring (bicyclic) bond motifs is 4. The van der Waals surface area contributed by atoms with Gasteiger partial charge < -0.3 is 60.8 Å². The normalized spacial score (nSPS) is 17.6. The fraction of sp³-hybridized carbons (Fsp3) is 0.621. The number of aliphatic hydroxyl groups excluding tert-OH is 8. The van der Waals surface area contributed by atoms with E-state index in [1.165, 1.54) is 139 Å². The first-order chi connectivity index (χ1) is 59.6. The van der Waals surface area contributed by atoms with Crippen molar-refractivity contribution >= 4 is 92.4 Å². The molecule has 134 heavy (non-hydrogen) atoms. The van der Waals surface area contributed by atoms with Crippen LogP contribution >= 0.6 is 0 Å². The molecule has 4 aromatic heterocycles. The first kappa shape index (κ1) is 128. The van der Waals surface area contributed by atoms with Crippen LogP contribution in [0.2, 0.25) is 39.3 Å². The van der Waals surface area contributed by atoms with E-state index in [9.17, 15) is 40.9 Å². The van der Waals surface area contributed by atoms with Crippen molar-refractivity contribution in [2.45, 2.75) is 411 Å². The molecule has 4 aromatic carbocycles. The molecule has 0 saturated heterocycles. The van der Waals surface area contributed by atoms with Gasteiger partial charge in [0.15, 0.2) is 0 Å². The number of pyridine rings is 4. The molecule has 8 N–H and O–H groups in total. The van der Waals surface area contributed by atoms with Gasteiger partial charge in [-0.2, -0.15) is 22.3 Å². The zero-order valence-corrected chi connectivity index (χ0v) is 101. The molecule has 760 valence electrons. The van der Waals surface area contributed by atoms with Gasteiger partial charge in [0.1, 0.15) is 0 Å². The zero-order chi connectivity index (χ0) is 98.6. The van der Waals surface area contributed by atoms with Crippen LogP contribution in [0.3, 0.4) is 0 Å². The molecule has 0 saturated carbocycles. The van der Waals surface area contributed by atoms with E-state index >= 15 is 0 Å². The van der Waals surface area contributed by atoms with Gasteiger partial charge in [-0.05, 0) is 114 Å². The summed E-state index contributed by atoms with van der Waals surface area (Å²) in [5.74, 6) is 1.13. The molecule has 0 amide bonds. The van der Waals surface area contributed by atoms with E-state index in [1.807, 2.05) is 166 Å². The van der Waals surface area contributed by atoms with Gasteiger partial charge in [0, 0.05) is 117 Å². The van der Waals surface area contributed by atoms with Gasteiger partial charge in [-0.25, -0.2) is 0 Å². The van der Waals surface area contributed by atoms with Gasteiger partial charge in [0.25, 0.3) is 0 Å². The van der Waals surface area contributed by atoms with Crippen LogP contribution in [0.15, 0.2) is 109 Å². The molecule has 12 rings (SSSR count). The van der Waals surface area contributed by atoms with Crippen LogP contribution in [-0.4, -0.2) is 126 Å². The van der Waals surface area contributed by atoms with Crippen LogP contribution in [0.5, 0.6) is 0 Å². The average molecular weight is 2580 g/mol. The number of para-hydroxylation sites is 2. The molecule has 4 heterocycles. The Morgan fingerprint density at radius 1 is 0.299 bits per heavy atom. The summed E-state index contributed by atoms with van der Waals surface area (Å²) in [6, 6.07) is 39.2. The number of hydrogen-bond donors (Lipinski definition) is 8. The summed E-state index contributed by atoms with van der Waals surface area (Å²) in [5.41, 5.74) is 18.5. The largest absolute Gasteiger partial charge is 0.392 e. The van der Waals surface area contributed by atoms with Crippen LogP contribution in [0, 0.1) is 107 Å². The molecule has 18 heteroatoms. The van der Waals surface area contributed by atoms with Crippen LogP contribution < -0.4 is 10.4 Å². The van der Waals surface area contributed by atoms with E-state index in [-0.39, 0.29) is 124 Å². The SMILES string of the molecule is CC(C)(C)C(O)CC(O)C(C)(C)C.CC(C)(C)C(O)CC(O)C(C)(C)C.CC(C)(C)C(O)CC(O)C(C)(C)C.CC(C)(C)C(O)CC(O)C(C)(C)C.CC1[C-]=C(c2nc3ccccc3cc2[Si](C)(C)C)CCC1.C[Si](C)(C)c1cc2ccccc2nc1C1=[C-]CCCC1.Cc1ccc2cc(C)c(C3=[C-]C(C)CCC3)nc2c1.Cc1ccc2cc(C)c(C3=[C-]CCCC3)nc2c1.[Ir].[Ir].[Ir].[Ir]. The molecule has 4 radical (unpaired) electrons. The second-order valence-electron chi connectivity index (χ2n) is 48.9. The van der Waals surface area contributed by atoms with Crippen LogP contribution in [0.4, 0.5) is 0 Å². The van der Waals surface area contributed by atoms with Gasteiger partial charge in [-0.15, -0.1) is 46.2 Å². The maximum atomic E-state index is 9.76. The Balaban J connectivity index is 0.000000769. The van der Waals surface area contributed by atoms with Gasteiger partial charge in [0.2, 0.25) is 0 Å². The summed E-state index contributed by atoms with van der Waals surface area (Å²) in [6.07, 6.45) is 29.5. The Morgan fingerprint density at radius 3 is 0.799 bits per heavy atom.